The van der Waals surface area contributed by atoms with Crippen molar-refractivity contribution >= 4 is 18.3 Å². The van der Waals surface area contributed by atoms with Gasteiger partial charge in [-0.2, -0.15) is 5.10 Å². The van der Waals surface area contributed by atoms with Crippen LogP contribution in [0.25, 0.3) is 0 Å². The summed E-state index contributed by atoms with van der Waals surface area (Å²) in [6, 6.07) is 0.269. The highest BCUT2D eigenvalue weighted by atomic mass is 35.5. The number of nitrogens with two attached hydrogens (primary N) is 1. The quantitative estimate of drug-likeness (QED) is 0.899. The molecule has 3 rings (SSSR count). The summed E-state index contributed by atoms with van der Waals surface area (Å²) in [6.07, 6.45) is 4.84. The minimum atomic E-state index is -0.103. The zero-order valence-electron chi connectivity index (χ0n) is 14.6. The van der Waals surface area contributed by atoms with E-state index in [1.54, 1.807) is 6.20 Å². The minimum Gasteiger partial charge on any atom is -0.338 e. The van der Waals surface area contributed by atoms with E-state index in [2.05, 4.69) is 32.8 Å². The Bertz CT molecular complexity index is 578. The van der Waals surface area contributed by atoms with Crippen molar-refractivity contribution in [2.75, 3.05) is 13.1 Å². The summed E-state index contributed by atoms with van der Waals surface area (Å²) in [5, 5.41) is 4.48. The van der Waals surface area contributed by atoms with Gasteiger partial charge < -0.3 is 10.6 Å². The van der Waals surface area contributed by atoms with Crippen LogP contribution in [-0.2, 0) is 12.0 Å². The van der Waals surface area contributed by atoms with Crippen molar-refractivity contribution in [1.82, 2.24) is 14.7 Å². The fourth-order valence-electron chi connectivity index (χ4n) is 4.11. The number of fused-ring (bicyclic) bond motifs is 1. The Kier molecular flexibility index (Phi) is 5.12. The van der Waals surface area contributed by atoms with Gasteiger partial charge in [-0.25, -0.2) is 0 Å². The van der Waals surface area contributed by atoms with Gasteiger partial charge in [0.1, 0.15) is 0 Å². The standard InChI is InChI=1S/C17H28N4O.ClH/c1-5-15-12(8-19-21(15)17(2,3)4)16(22)20-9-11-6-7-14(18)13(11)10-20;/h8,11,13-14H,5-7,9-10,18H2,1-4H3;1H. The number of hydrogen-bond donors (Lipinski definition) is 1. The topological polar surface area (TPSA) is 64.2 Å². The smallest absolute Gasteiger partial charge is 0.257 e. The molecule has 5 nitrogen and oxygen atoms in total. The molecule has 1 saturated heterocycles. The van der Waals surface area contributed by atoms with Gasteiger partial charge in [0.05, 0.1) is 23.0 Å². The predicted octanol–water partition coefficient (Wildman–Crippen LogP) is 2.43. The second-order valence-corrected chi connectivity index (χ2v) is 7.82. The van der Waals surface area contributed by atoms with E-state index < -0.39 is 0 Å². The van der Waals surface area contributed by atoms with Crippen molar-refractivity contribution in [2.45, 2.75) is 58.5 Å². The average Bonchev–Trinajstić information content (AvgIpc) is 3.12. The number of nitrogens with zero attached hydrogens (tertiary/aromatic N) is 3. The molecule has 0 spiro atoms. The molecule has 6 heteroatoms. The molecule has 2 N–H and O–H groups in total. The summed E-state index contributed by atoms with van der Waals surface area (Å²) >= 11 is 0. The van der Waals surface area contributed by atoms with Crippen LogP contribution < -0.4 is 5.73 Å². The molecule has 1 saturated carbocycles. The number of carbonyl (C=O) groups excluding carboxylic acids is 1. The van der Waals surface area contributed by atoms with Crippen LogP contribution in [0.4, 0.5) is 0 Å². The molecule has 0 radical (unpaired) electrons. The minimum absolute atomic E-state index is 0. The van der Waals surface area contributed by atoms with E-state index in [0.29, 0.717) is 11.8 Å². The van der Waals surface area contributed by atoms with Gasteiger partial charge in [0.15, 0.2) is 0 Å². The van der Waals surface area contributed by atoms with Crippen LogP contribution in [0.15, 0.2) is 6.20 Å². The number of aromatic nitrogens is 2. The zero-order chi connectivity index (χ0) is 16.1. The largest absolute Gasteiger partial charge is 0.338 e. The van der Waals surface area contributed by atoms with Gasteiger partial charge in [-0.3, -0.25) is 9.48 Å². The van der Waals surface area contributed by atoms with Gasteiger partial charge in [-0.1, -0.05) is 6.92 Å². The first-order valence-electron chi connectivity index (χ1n) is 8.45. The Labute approximate surface area is 145 Å². The first kappa shape index (κ1) is 18.3. The van der Waals surface area contributed by atoms with Crippen molar-refractivity contribution in [1.29, 1.82) is 0 Å². The third-order valence-corrected chi connectivity index (χ3v) is 5.27. The molecule has 3 atom stereocenters. The Hall–Kier alpha value is -1.07. The van der Waals surface area contributed by atoms with Gasteiger partial charge in [-0.05, 0) is 51.9 Å². The highest BCUT2D eigenvalue weighted by Crippen LogP contribution is 2.37. The summed E-state index contributed by atoms with van der Waals surface area (Å²) in [7, 11) is 0. The Morgan fingerprint density at radius 3 is 2.61 bits per heavy atom. The van der Waals surface area contributed by atoms with Crippen LogP contribution in [0.3, 0.4) is 0 Å². The van der Waals surface area contributed by atoms with Crippen molar-refractivity contribution in [3.8, 4) is 0 Å². The van der Waals surface area contributed by atoms with Crippen molar-refractivity contribution in [3.05, 3.63) is 17.5 Å². The van der Waals surface area contributed by atoms with Gasteiger partial charge in [0.25, 0.3) is 5.91 Å². The molecule has 1 aromatic rings. The van der Waals surface area contributed by atoms with Crippen molar-refractivity contribution in [3.63, 3.8) is 0 Å². The average molecular weight is 341 g/mol. The SMILES string of the molecule is CCc1c(C(=O)N2CC3CCC(N)C3C2)cnn1C(C)(C)C.Cl. The molecule has 2 heterocycles. The van der Waals surface area contributed by atoms with E-state index in [9.17, 15) is 4.79 Å². The van der Waals surface area contributed by atoms with Crippen LogP contribution in [0.1, 0.15) is 56.6 Å². The summed E-state index contributed by atoms with van der Waals surface area (Å²) in [5.41, 5.74) is 7.89. The molecule has 130 valence electrons. The Morgan fingerprint density at radius 1 is 1.35 bits per heavy atom. The molecule has 2 aliphatic rings. The zero-order valence-corrected chi connectivity index (χ0v) is 15.4. The van der Waals surface area contributed by atoms with Crippen molar-refractivity contribution in [2.24, 2.45) is 17.6 Å². The molecule has 1 aliphatic carbocycles. The van der Waals surface area contributed by atoms with Gasteiger partial charge in [-0.15, -0.1) is 12.4 Å². The fraction of sp³-hybridized carbons (Fsp3) is 0.765. The lowest BCUT2D eigenvalue weighted by molar-refractivity contribution is 0.0778. The molecule has 3 unspecified atom stereocenters. The van der Waals surface area contributed by atoms with Crippen LogP contribution in [-0.4, -0.2) is 39.7 Å². The molecule has 23 heavy (non-hydrogen) atoms. The van der Waals surface area contributed by atoms with Crippen LogP contribution in [0.5, 0.6) is 0 Å². The molecule has 0 bridgehead atoms. The Morgan fingerprint density at radius 2 is 2.04 bits per heavy atom. The summed E-state index contributed by atoms with van der Waals surface area (Å²) in [6.45, 7) is 10.1. The number of carbonyl (C=O) groups is 1. The van der Waals surface area contributed by atoms with Gasteiger partial charge in [0.2, 0.25) is 0 Å². The van der Waals surface area contributed by atoms with E-state index in [-0.39, 0.29) is 29.9 Å². The molecule has 0 aromatic carbocycles. The maximum absolute atomic E-state index is 12.9. The van der Waals surface area contributed by atoms with E-state index in [4.69, 9.17) is 5.73 Å². The second-order valence-electron chi connectivity index (χ2n) is 7.82. The number of rotatable bonds is 2. The van der Waals surface area contributed by atoms with Crippen LogP contribution >= 0.6 is 12.4 Å². The molecular formula is C17H29ClN4O. The summed E-state index contributed by atoms with van der Waals surface area (Å²) in [4.78, 5) is 14.9. The highest BCUT2D eigenvalue weighted by Gasteiger charge is 2.43. The first-order chi connectivity index (χ1) is 10.3. The van der Waals surface area contributed by atoms with Crippen LogP contribution in [0.2, 0.25) is 0 Å². The van der Waals surface area contributed by atoms with Crippen LogP contribution in [0, 0.1) is 11.8 Å². The normalized spacial score (nSPS) is 27.0. The van der Waals surface area contributed by atoms with Crippen molar-refractivity contribution < 1.29 is 4.79 Å². The highest BCUT2D eigenvalue weighted by molar-refractivity contribution is 5.95. The maximum Gasteiger partial charge on any atom is 0.257 e. The molecule has 1 aromatic heterocycles. The maximum atomic E-state index is 12.9. The molecule has 1 amide bonds. The first-order valence-corrected chi connectivity index (χ1v) is 8.45. The fourth-order valence-corrected chi connectivity index (χ4v) is 4.11. The van der Waals surface area contributed by atoms with E-state index >= 15 is 0 Å². The third-order valence-electron chi connectivity index (χ3n) is 5.27. The van der Waals surface area contributed by atoms with E-state index in [1.165, 1.54) is 0 Å². The monoisotopic (exact) mass is 340 g/mol. The number of halogens is 1. The van der Waals surface area contributed by atoms with E-state index in [0.717, 1.165) is 43.6 Å². The number of hydrogen-bond acceptors (Lipinski definition) is 3. The lowest BCUT2D eigenvalue weighted by atomic mass is 9.98. The van der Waals surface area contributed by atoms with Gasteiger partial charge in [0, 0.05) is 19.1 Å². The number of likely N-dealkylation sites (tertiary alicyclic amines) is 1. The predicted molar refractivity (Wildman–Crippen MR) is 93.9 cm³/mol. The van der Waals surface area contributed by atoms with Gasteiger partial charge >= 0.3 is 0 Å². The molecule has 2 fully saturated rings. The third kappa shape index (κ3) is 3.13. The summed E-state index contributed by atoms with van der Waals surface area (Å²) < 4.78 is 1.99. The molecule has 1 aliphatic heterocycles. The van der Waals surface area contributed by atoms with E-state index in [1.807, 2.05) is 9.58 Å². The summed E-state index contributed by atoms with van der Waals surface area (Å²) in [5.74, 6) is 1.22. The number of amides is 1. The molecular weight excluding hydrogens is 312 g/mol. The lowest BCUT2D eigenvalue weighted by Crippen LogP contribution is -2.34. The lowest BCUT2D eigenvalue weighted by Gasteiger charge is -2.23. The second kappa shape index (κ2) is 6.44. The Balaban J connectivity index is 0.00000192.